The predicted octanol–water partition coefficient (Wildman–Crippen LogP) is 1.10. The Morgan fingerprint density at radius 2 is 2.19 bits per heavy atom. The molecule has 0 radical (unpaired) electrons. The fourth-order valence-corrected chi connectivity index (χ4v) is 3.41. The van der Waals surface area contributed by atoms with Crippen molar-refractivity contribution in [2.24, 2.45) is 0 Å². The van der Waals surface area contributed by atoms with Gasteiger partial charge in [0.2, 0.25) is 0 Å². The molecule has 1 unspecified atom stereocenters. The van der Waals surface area contributed by atoms with E-state index in [1.807, 2.05) is 10.7 Å². The molecule has 1 aromatic rings. The van der Waals surface area contributed by atoms with Crippen LogP contribution in [0.1, 0.15) is 23.1 Å². The maximum absolute atomic E-state index is 11.4. The Hall–Kier alpha value is -2.22. The Kier molecular flexibility index (Phi) is 3.46. The minimum Gasteiger partial charge on any atom is -0.478 e. The lowest BCUT2D eigenvalue weighted by molar-refractivity contribution is -0.134. The third kappa shape index (κ3) is 2.54. The van der Waals surface area contributed by atoms with Crippen molar-refractivity contribution in [2.45, 2.75) is 24.6 Å². The van der Waals surface area contributed by atoms with Crippen molar-refractivity contribution in [1.82, 2.24) is 15.1 Å². The summed E-state index contributed by atoms with van der Waals surface area (Å²) in [6.07, 6.45) is 3.22. The van der Waals surface area contributed by atoms with Crippen molar-refractivity contribution in [3.63, 3.8) is 0 Å². The smallest absolute Gasteiger partial charge is 0.352 e. The molecule has 1 atom stereocenters. The molecule has 0 bridgehead atoms. The maximum atomic E-state index is 11.4. The fraction of sp³-hybridized carbons (Fsp3) is 0.308. The van der Waals surface area contributed by atoms with E-state index in [2.05, 4.69) is 10.4 Å². The predicted molar refractivity (Wildman–Crippen MR) is 75.5 cm³/mol. The molecule has 110 valence electrons. The number of nitrogens with one attached hydrogen (secondary N) is 1. The molecule has 0 saturated heterocycles. The van der Waals surface area contributed by atoms with Crippen molar-refractivity contribution in [1.29, 1.82) is 0 Å². The molecule has 2 aliphatic heterocycles. The molecule has 7 nitrogen and oxygen atoms in total. The van der Waals surface area contributed by atoms with Crippen LogP contribution in [0.2, 0.25) is 0 Å². The van der Waals surface area contributed by atoms with Gasteiger partial charge in [-0.2, -0.15) is 5.10 Å². The van der Waals surface area contributed by atoms with Gasteiger partial charge in [-0.25, -0.2) is 9.59 Å². The highest BCUT2D eigenvalue weighted by molar-refractivity contribution is 8.02. The maximum Gasteiger partial charge on any atom is 0.352 e. The molecule has 1 aromatic heterocycles. The van der Waals surface area contributed by atoms with Gasteiger partial charge in [-0.1, -0.05) is 0 Å². The number of carbonyl (C=O) groups is 2. The van der Waals surface area contributed by atoms with E-state index in [9.17, 15) is 14.7 Å². The van der Waals surface area contributed by atoms with E-state index in [1.165, 1.54) is 11.6 Å². The number of nitrogens with zero attached hydrogens (tertiary/aromatic N) is 2. The van der Waals surface area contributed by atoms with E-state index < -0.39 is 17.2 Å². The second-order valence-corrected chi connectivity index (χ2v) is 5.77. The van der Waals surface area contributed by atoms with Crippen LogP contribution >= 0.6 is 11.8 Å². The SMILES string of the molecule is O=C(O)C1=CSC(c2cc3n(n2)CCC3)C(C(=O)O)=CN1. The van der Waals surface area contributed by atoms with E-state index in [1.54, 1.807) is 0 Å². The van der Waals surface area contributed by atoms with Crippen molar-refractivity contribution in [2.75, 3.05) is 0 Å². The highest BCUT2D eigenvalue weighted by Crippen LogP contribution is 2.38. The lowest BCUT2D eigenvalue weighted by atomic mass is 10.1. The third-order valence-electron chi connectivity index (χ3n) is 3.42. The quantitative estimate of drug-likeness (QED) is 0.768. The first-order chi connectivity index (χ1) is 10.1. The molecule has 0 saturated carbocycles. The minimum atomic E-state index is -1.13. The molecule has 3 rings (SSSR count). The highest BCUT2D eigenvalue weighted by Gasteiger charge is 2.29. The Bertz CT molecular complexity index is 655. The average Bonchev–Trinajstić information content (AvgIpc) is 2.92. The zero-order chi connectivity index (χ0) is 15.0. The monoisotopic (exact) mass is 307 g/mol. The Labute approximate surface area is 124 Å². The van der Waals surface area contributed by atoms with Gasteiger partial charge in [-0.15, -0.1) is 11.8 Å². The first-order valence-corrected chi connectivity index (χ1v) is 7.36. The molecule has 3 heterocycles. The van der Waals surface area contributed by atoms with Crippen LogP contribution < -0.4 is 5.32 Å². The number of aliphatic carboxylic acids is 2. The van der Waals surface area contributed by atoms with Crippen molar-refractivity contribution in [3.8, 4) is 0 Å². The lowest BCUT2D eigenvalue weighted by Gasteiger charge is -2.11. The molecule has 3 N–H and O–H groups in total. The lowest BCUT2D eigenvalue weighted by Crippen LogP contribution is -2.16. The average molecular weight is 307 g/mol. The van der Waals surface area contributed by atoms with Crippen molar-refractivity contribution >= 4 is 23.7 Å². The number of rotatable bonds is 3. The van der Waals surface area contributed by atoms with Crippen LogP contribution in [0, 0.1) is 0 Å². The van der Waals surface area contributed by atoms with Crippen LogP contribution in [0.3, 0.4) is 0 Å². The Morgan fingerprint density at radius 3 is 2.86 bits per heavy atom. The third-order valence-corrected chi connectivity index (χ3v) is 4.56. The summed E-state index contributed by atoms with van der Waals surface area (Å²) >= 11 is 1.14. The zero-order valence-electron chi connectivity index (χ0n) is 10.9. The van der Waals surface area contributed by atoms with E-state index in [4.69, 9.17) is 5.11 Å². The van der Waals surface area contributed by atoms with Gasteiger partial charge in [0.1, 0.15) is 5.70 Å². The van der Waals surface area contributed by atoms with Gasteiger partial charge in [-0.05, 0) is 18.9 Å². The molecule has 0 amide bonds. The van der Waals surface area contributed by atoms with E-state index in [-0.39, 0.29) is 11.3 Å². The topological polar surface area (TPSA) is 104 Å². The van der Waals surface area contributed by atoms with Gasteiger partial charge in [-0.3, -0.25) is 4.68 Å². The number of hydrogen-bond donors (Lipinski definition) is 3. The minimum absolute atomic E-state index is 0.0481. The van der Waals surface area contributed by atoms with Crippen molar-refractivity contribution in [3.05, 3.63) is 40.3 Å². The number of carboxylic acids is 2. The normalized spacial score (nSPS) is 20.9. The number of aryl methyl sites for hydroxylation is 2. The number of fused-ring (bicyclic) bond motifs is 1. The van der Waals surface area contributed by atoms with E-state index in [0.29, 0.717) is 5.69 Å². The summed E-state index contributed by atoms with van der Waals surface area (Å²) in [4.78, 5) is 22.4. The molecule has 8 heteroatoms. The first kappa shape index (κ1) is 13.7. The summed E-state index contributed by atoms with van der Waals surface area (Å²) in [5.41, 5.74) is 1.78. The molecule has 2 aliphatic rings. The van der Waals surface area contributed by atoms with Crippen LogP contribution in [0.5, 0.6) is 0 Å². The van der Waals surface area contributed by atoms with Crippen molar-refractivity contribution < 1.29 is 19.8 Å². The standard InChI is InChI=1S/C13H13N3O4S/c17-12(18)8-5-14-10(13(19)20)6-21-11(8)9-4-7-2-1-3-16(7)15-9/h4-6,11,14H,1-3H2,(H,17,18)(H,19,20). The molecule has 0 spiro atoms. The summed E-state index contributed by atoms with van der Waals surface area (Å²) in [6, 6.07) is 1.90. The molecular formula is C13H13N3O4S. The molecule has 0 aliphatic carbocycles. The van der Waals surface area contributed by atoms with Gasteiger partial charge < -0.3 is 15.5 Å². The van der Waals surface area contributed by atoms with Gasteiger partial charge in [0, 0.05) is 23.8 Å². The zero-order valence-corrected chi connectivity index (χ0v) is 11.8. The Balaban J connectivity index is 1.97. The summed E-state index contributed by atoms with van der Waals surface area (Å²) in [6.45, 7) is 0.841. The van der Waals surface area contributed by atoms with Crippen LogP contribution in [-0.2, 0) is 22.6 Å². The second-order valence-electron chi connectivity index (χ2n) is 4.79. The number of thioether (sulfide) groups is 1. The second kappa shape index (κ2) is 5.28. The first-order valence-electron chi connectivity index (χ1n) is 6.41. The van der Waals surface area contributed by atoms with Gasteiger partial charge in [0.05, 0.1) is 16.5 Å². The number of carboxylic acid groups (broad SMARTS) is 2. The summed E-state index contributed by atoms with van der Waals surface area (Å²) in [5, 5.41) is 26.2. The molecule has 21 heavy (non-hydrogen) atoms. The summed E-state index contributed by atoms with van der Waals surface area (Å²) < 4.78 is 1.88. The number of aromatic nitrogens is 2. The largest absolute Gasteiger partial charge is 0.478 e. The van der Waals surface area contributed by atoms with Crippen LogP contribution in [0.4, 0.5) is 0 Å². The Morgan fingerprint density at radius 1 is 1.38 bits per heavy atom. The van der Waals surface area contributed by atoms with Crippen LogP contribution in [-0.4, -0.2) is 31.9 Å². The summed E-state index contributed by atoms with van der Waals surface area (Å²) in [7, 11) is 0. The fourth-order valence-electron chi connectivity index (χ4n) is 2.40. The van der Waals surface area contributed by atoms with Crippen LogP contribution in [0.15, 0.2) is 28.9 Å². The number of hydrogen-bond acceptors (Lipinski definition) is 5. The molecular weight excluding hydrogens is 294 g/mol. The van der Waals surface area contributed by atoms with Gasteiger partial charge in [0.25, 0.3) is 0 Å². The molecule has 0 aromatic carbocycles. The van der Waals surface area contributed by atoms with Gasteiger partial charge in [0.15, 0.2) is 0 Å². The van der Waals surface area contributed by atoms with E-state index in [0.717, 1.165) is 36.8 Å². The highest BCUT2D eigenvalue weighted by atomic mass is 32.2. The van der Waals surface area contributed by atoms with Gasteiger partial charge >= 0.3 is 11.9 Å². The van der Waals surface area contributed by atoms with E-state index >= 15 is 0 Å². The summed E-state index contributed by atoms with van der Waals surface area (Å²) in [5.74, 6) is -2.22. The molecule has 0 fully saturated rings. The van der Waals surface area contributed by atoms with Crippen LogP contribution in [0.25, 0.3) is 0 Å².